The normalized spacial score (nSPS) is 15.8. The number of carbonyl (C=O) groups is 1. The van der Waals surface area contributed by atoms with Gasteiger partial charge in [-0.3, -0.25) is 13.9 Å². The van der Waals surface area contributed by atoms with Crippen molar-refractivity contribution in [2.75, 3.05) is 18.0 Å². The van der Waals surface area contributed by atoms with E-state index in [0.29, 0.717) is 43.2 Å². The molecule has 1 saturated heterocycles. The third-order valence-electron chi connectivity index (χ3n) is 7.02. The van der Waals surface area contributed by atoms with Gasteiger partial charge in [-0.25, -0.2) is 9.59 Å². The summed E-state index contributed by atoms with van der Waals surface area (Å²) in [5.74, 6) is 0.621. The van der Waals surface area contributed by atoms with Crippen LogP contribution in [-0.2, 0) is 31.3 Å². The smallest absolute Gasteiger partial charge is 0.407 e. The summed E-state index contributed by atoms with van der Waals surface area (Å²) >= 11 is 0. The number of allylic oxidation sites excluding steroid dienone is 2. The number of rotatable bonds is 7. The van der Waals surface area contributed by atoms with E-state index >= 15 is 0 Å². The molecular weight excluding hydrogens is 508 g/mol. The summed E-state index contributed by atoms with van der Waals surface area (Å²) in [5, 5.41) is 2.99. The zero-order valence-electron chi connectivity index (χ0n) is 24.8. The number of anilines is 1. The molecule has 1 aliphatic rings. The lowest BCUT2D eigenvalue weighted by molar-refractivity contribution is 0.0499. The predicted molar refractivity (Wildman–Crippen MR) is 158 cm³/mol. The van der Waals surface area contributed by atoms with Gasteiger partial charge in [-0.05, 0) is 66.4 Å². The van der Waals surface area contributed by atoms with Crippen LogP contribution in [0, 0.1) is 6.92 Å². The van der Waals surface area contributed by atoms with Crippen molar-refractivity contribution in [1.82, 2.24) is 24.0 Å². The van der Waals surface area contributed by atoms with Crippen molar-refractivity contribution in [2.45, 2.75) is 85.5 Å². The van der Waals surface area contributed by atoms with Crippen molar-refractivity contribution in [3.63, 3.8) is 0 Å². The quantitative estimate of drug-likeness (QED) is 0.448. The maximum Gasteiger partial charge on any atom is 0.407 e. The summed E-state index contributed by atoms with van der Waals surface area (Å²) in [6.07, 6.45) is 3.89. The van der Waals surface area contributed by atoms with E-state index in [2.05, 4.69) is 16.3 Å². The highest BCUT2D eigenvalue weighted by atomic mass is 16.6. The van der Waals surface area contributed by atoms with Crippen LogP contribution in [0.15, 0.2) is 45.5 Å². The molecule has 1 fully saturated rings. The number of alkyl carbamates (subject to hydrolysis) is 1. The van der Waals surface area contributed by atoms with Crippen molar-refractivity contribution in [1.29, 1.82) is 0 Å². The number of carbonyl (C=O) groups excluding carboxylic acids is 1. The molecule has 4 rings (SSSR count). The number of piperidine rings is 1. The van der Waals surface area contributed by atoms with Crippen LogP contribution in [0.3, 0.4) is 0 Å². The summed E-state index contributed by atoms with van der Waals surface area (Å²) in [6.45, 7) is 13.7. The number of nitrogens with zero attached hydrogens (tertiary/aromatic N) is 5. The Kier molecular flexibility index (Phi) is 8.56. The van der Waals surface area contributed by atoms with Crippen molar-refractivity contribution >= 4 is 23.2 Å². The molecule has 1 aromatic carbocycles. The van der Waals surface area contributed by atoms with Gasteiger partial charge in [0.25, 0.3) is 5.56 Å². The van der Waals surface area contributed by atoms with E-state index in [1.54, 1.807) is 4.57 Å². The average molecular weight is 551 g/mol. The first kappa shape index (κ1) is 29.2. The highest BCUT2D eigenvalue weighted by Gasteiger charge is 2.29. The summed E-state index contributed by atoms with van der Waals surface area (Å²) in [5.41, 5.74) is 2.84. The zero-order chi connectivity index (χ0) is 29.2. The van der Waals surface area contributed by atoms with E-state index < -0.39 is 11.7 Å². The van der Waals surface area contributed by atoms with Gasteiger partial charge in [0.2, 0.25) is 5.95 Å². The van der Waals surface area contributed by atoms with Crippen LogP contribution in [0.25, 0.3) is 11.2 Å². The third kappa shape index (κ3) is 6.66. The molecule has 3 aromatic rings. The molecule has 0 radical (unpaired) electrons. The zero-order valence-corrected chi connectivity index (χ0v) is 24.8. The summed E-state index contributed by atoms with van der Waals surface area (Å²) < 4.78 is 10.2. The van der Waals surface area contributed by atoms with Crippen LogP contribution in [0.5, 0.6) is 0 Å². The SMILES string of the molecule is CC(C)=CCn1c(N2CCCC(NC(=O)OC(C)(C)C)C2)nc2c1c(=O)n(C)c(=O)n2CCc1cccc(C)c1. The first-order valence-corrected chi connectivity index (χ1v) is 14.0. The van der Waals surface area contributed by atoms with Gasteiger partial charge in [0, 0.05) is 39.3 Å². The standard InChI is InChI=1S/C30H42N6O4/c1-20(2)13-16-35-24-25(32-27(35)34-15-9-12-23(19-34)31-28(38)40-30(4,5)6)36(29(39)33(7)26(24)37)17-14-22-11-8-10-21(3)18-22/h8,10-11,13,18,23H,9,12,14-17,19H2,1-7H3,(H,31,38). The van der Waals surface area contributed by atoms with Crippen LogP contribution >= 0.6 is 0 Å². The first-order chi connectivity index (χ1) is 18.8. The lowest BCUT2D eigenvalue weighted by Crippen LogP contribution is -2.49. The molecule has 0 spiro atoms. The van der Waals surface area contributed by atoms with Gasteiger partial charge >= 0.3 is 11.8 Å². The second kappa shape index (κ2) is 11.7. The maximum atomic E-state index is 13.5. The number of ether oxygens (including phenoxy) is 1. The average Bonchev–Trinajstić information content (AvgIpc) is 3.24. The van der Waals surface area contributed by atoms with Crippen molar-refractivity contribution in [2.24, 2.45) is 7.05 Å². The van der Waals surface area contributed by atoms with E-state index in [1.165, 1.54) is 11.6 Å². The maximum absolute atomic E-state index is 13.5. The number of aromatic nitrogens is 4. The van der Waals surface area contributed by atoms with Gasteiger partial charge in [-0.15, -0.1) is 0 Å². The van der Waals surface area contributed by atoms with Crippen molar-refractivity contribution in [3.8, 4) is 0 Å². The van der Waals surface area contributed by atoms with Crippen LogP contribution in [0.4, 0.5) is 10.7 Å². The Labute approximate surface area is 235 Å². The molecule has 0 aliphatic carbocycles. The van der Waals surface area contributed by atoms with Gasteiger partial charge in [0.05, 0.1) is 0 Å². The second-order valence-electron chi connectivity index (χ2n) is 11.9. The number of fused-ring (bicyclic) bond motifs is 1. The van der Waals surface area contributed by atoms with E-state index in [9.17, 15) is 14.4 Å². The lowest BCUT2D eigenvalue weighted by Gasteiger charge is -2.34. The number of nitrogens with one attached hydrogen (secondary N) is 1. The van der Waals surface area contributed by atoms with E-state index in [-0.39, 0.29) is 17.3 Å². The Bertz CT molecular complexity index is 1530. The Hall–Kier alpha value is -3.82. The Morgan fingerprint density at radius 2 is 1.95 bits per heavy atom. The molecule has 1 amide bonds. The van der Waals surface area contributed by atoms with Crippen LogP contribution in [0.1, 0.15) is 58.6 Å². The van der Waals surface area contributed by atoms with E-state index in [4.69, 9.17) is 9.72 Å². The van der Waals surface area contributed by atoms with Gasteiger partial charge < -0.3 is 19.5 Å². The van der Waals surface area contributed by atoms with Gasteiger partial charge in [-0.2, -0.15) is 4.98 Å². The molecule has 3 heterocycles. The van der Waals surface area contributed by atoms with Crippen LogP contribution in [0.2, 0.25) is 0 Å². The minimum atomic E-state index is -0.584. The summed E-state index contributed by atoms with van der Waals surface area (Å²) in [6, 6.07) is 8.07. The molecular formula is C30H42N6O4. The van der Waals surface area contributed by atoms with Crippen molar-refractivity contribution in [3.05, 3.63) is 67.9 Å². The van der Waals surface area contributed by atoms with Gasteiger partial charge in [-0.1, -0.05) is 41.5 Å². The molecule has 0 saturated carbocycles. The second-order valence-corrected chi connectivity index (χ2v) is 11.9. The number of imidazole rings is 1. The first-order valence-electron chi connectivity index (χ1n) is 14.0. The summed E-state index contributed by atoms with van der Waals surface area (Å²) in [4.78, 5) is 46.3. The van der Waals surface area contributed by atoms with E-state index in [0.717, 1.165) is 36.1 Å². The molecule has 2 aromatic heterocycles. The number of hydrogen-bond donors (Lipinski definition) is 1. The molecule has 216 valence electrons. The van der Waals surface area contributed by atoms with Crippen LogP contribution < -0.4 is 21.5 Å². The molecule has 0 bridgehead atoms. The molecule has 1 N–H and O–H groups in total. The Balaban J connectivity index is 1.75. The van der Waals surface area contributed by atoms with Gasteiger partial charge in [0.15, 0.2) is 11.2 Å². The number of amides is 1. The predicted octanol–water partition coefficient (Wildman–Crippen LogP) is 3.91. The van der Waals surface area contributed by atoms with E-state index in [1.807, 2.05) is 70.4 Å². The number of aryl methyl sites for hydroxylation is 3. The summed E-state index contributed by atoms with van der Waals surface area (Å²) in [7, 11) is 1.52. The van der Waals surface area contributed by atoms with Crippen molar-refractivity contribution < 1.29 is 9.53 Å². The fourth-order valence-corrected chi connectivity index (χ4v) is 5.09. The minimum absolute atomic E-state index is 0.133. The molecule has 1 unspecified atom stereocenters. The largest absolute Gasteiger partial charge is 0.444 e. The Morgan fingerprint density at radius 3 is 2.62 bits per heavy atom. The number of benzene rings is 1. The number of hydrogen-bond acceptors (Lipinski definition) is 6. The lowest BCUT2D eigenvalue weighted by atomic mass is 10.1. The molecule has 1 atom stereocenters. The molecule has 1 aliphatic heterocycles. The molecule has 10 heteroatoms. The monoisotopic (exact) mass is 550 g/mol. The van der Waals surface area contributed by atoms with Crippen LogP contribution in [-0.4, -0.2) is 49.5 Å². The highest BCUT2D eigenvalue weighted by molar-refractivity contribution is 5.75. The minimum Gasteiger partial charge on any atom is -0.444 e. The molecule has 10 nitrogen and oxygen atoms in total. The Morgan fingerprint density at radius 1 is 1.20 bits per heavy atom. The van der Waals surface area contributed by atoms with Gasteiger partial charge in [0.1, 0.15) is 5.60 Å². The fraction of sp³-hybridized carbons (Fsp3) is 0.533. The third-order valence-corrected chi connectivity index (χ3v) is 7.02. The topological polar surface area (TPSA) is 103 Å². The highest BCUT2D eigenvalue weighted by Crippen LogP contribution is 2.24. The molecule has 40 heavy (non-hydrogen) atoms. The fourth-order valence-electron chi connectivity index (χ4n) is 5.09.